The molecular formula is C16H18N4O. The first-order valence-electron chi connectivity index (χ1n) is 7.00. The molecule has 0 aromatic heterocycles. The summed E-state index contributed by atoms with van der Waals surface area (Å²) in [7, 11) is 0. The van der Waals surface area contributed by atoms with Crippen LogP contribution >= 0.6 is 0 Å². The lowest BCUT2D eigenvalue weighted by Crippen LogP contribution is -2.35. The SMILES string of the molecule is N#CC(C#N)=CNc1ccccc1N1CCC(CO)CC1. The summed E-state index contributed by atoms with van der Waals surface area (Å²) in [6, 6.07) is 11.5. The lowest BCUT2D eigenvalue weighted by Gasteiger charge is -2.34. The number of nitrogens with one attached hydrogen (secondary N) is 1. The molecule has 2 rings (SSSR count). The average Bonchev–Trinajstić information content (AvgIpc) is 2.56. The van der Waals surface area contributed by atoms with Crippen molar-refractivity contribution < 1.29 is 5.11 Å². The second-order valence-corrected chi connectivity index (χ2v) is 5.06. The van der Waals surface area contributed by atoms with Crippen LogP contribution in [0, 0.1) is 28.6 Å². The Bertz CT molecular complexity index is 573. The van der Waals surface area contributed by atoms with E-state index in [2.05, 4.69) is 10.2 Å². The number of anilines is 2. The molecule has 1 aliphatic rings. The summed E-state index contributed by atoms with van der Waals surface area (Å²) in [4.78, 5) is 2.26. The first-order valence-corrected chi connectivity index (χ1v) is 7.00. The highest BCUT2D eigenvalue weighted by atomic mass is 16.3. The molecule has 5 heteroatoms. The van der Waals surface area contributed by atoms with Gasteiger partial charge in [-0.1, -0.05) is 12.1 Å². The van der Waals surface area contributed by atoms with E-state index in [4.69, 9.17) is 10.5 Å². The van der Waals surface area contributed by atoms with Crippen molar-refractivity contribution >= 4 is 11.4 Å². The van der Waals surface area contributed by atoms with Crippen LogP contribution < -0.4 is 10.2 Å². The molecule has 0 aliphatic carbocycles. The van der Waals surface area contributed by atoms with E-state index < -0.39 is 0 Å². The fourth-order valence-electron chi connectivity index (χ4n) is 2.47. The largest absolute Gasteiger partial charge is 0.396 e. The smallest absolute Gasteiger partial charge is 0.145 e. The highest BCUT2D eigenvalue weighted by Crippen LogP contribution is 2.29. The Morgan fingerprint density at radius 3 is 2.57 bits per heavy atom. The molecule has 1 fully saturated rings. The van der Waals surface area contributed by atoms with Gasteiger partial charge in [-0.3, -0.25) is 0 Å². The van der Waals surface area contributed by atoms with Crippen molar-refractivity contribution in [2.24, 2.45) is 5.92 Å². The van der Waals surface area contributed by atoms with E-state index in [1.54, 1.807) is 0 Å². The molecule has 108 valence electrons. The van der Waals surface area contributed by atoms with E-state index in [0.717, 1.165) is 37.3 Å². The van der Waals surface area contributed by atoms with Gasteiger partial charge >= 0.3 is 0 Å². The Balaban J connectivity index is 2.13. The first kappa shape index (κ1) is 14.9. The molecule has 0 atom stereocenters. The summed E-state index contributed by atoms with van der Waals surface area (Å²) < 4.78 is 0. The normalized spacial score (nSPS) is 14.9. The van der Waals surface area contributed by atoms with E-state index in [1.165, 1.54) is 6.20 Å². The van der Waals surface area contributed by atoms with Crippen LogP contribution in [0.3, 0.4) is 0 Å². The fraction of sp³-hybridized carbons (Fsp3) is 0.375. The zero-order valence-electron chi connectivity index (χ0n) is 11.8. The van der Waals surface area contributed by atoms with Crippen molar-refractivity contribution in [2.45, 2.75) is 12.8 Å². The molecule has 1 aromatic carbocycles. The highest BCUT2D eigenvalue weighted by molar-refractivity contribution is 5.71. The van der Waals surface area contributed by atoms with Gasteiger partial charge in [0.25, 0.3) is 0 Å². The van der Waals surface area contributed by atoms with Crippen molar-refractivity contribution in [3.8, 4) is 12.1 Å². The number of hydrogen-bond acceptors (Lipinski definition) is 5. The standard InChI is InChI=1S/C16H18N4O/c17-9-14(10-18)11-19-15-3-1-2-4-16(15)20-7-5-13(12-21)6-8-20/h1-4,11,13,19,21H,5-8,12H2. The number of nitriles is 2. The summed E-state index contributed by atoms with van der Waals surface area (Å²) in [5.41, 5.74) is 1.98. The van der Waals surface area contributed by atoms with Crippen LogP contribution in [0.25, 0.3) is 0 Å². The molecule has 0 bridgehead atoms. The summed E-state index contributed by atoms with van der Waals surface area (Å²) in [5, 5.41) is 29.8. The lowest BCUT2D eigenvalue weighted by atomic mass is 9.97. The minimum Gasteiger partial charge on any atom is -0.396 e. The second-order valence-electron chi connectivity index (χ2n) is 5.06. The van der Waals surface area contributed by atoms with Crippen LogP contribution in [-0.2, 0) is 0 Å². The maximum atomic E-state index is 9.20. The van der Waals surface area contributed by atoms with Gasteiger partial charge in [-0.2, -0.15) is 10.5 Å². The van der Waals surface area contributed by atoms with Crippen LogP contribution in [0.1, 0.15) is 12.8 Å². The second kappa shape index (κ2) is 7.33. The van der Waals surface area contributed by atoms with Crippen LogP contribution in [0.15, 0.2) is 36.0 Å². The van der Waals surface area contributed by atoms with Crippen molar-refractivity contribution in [1.82, 2.24) is 0 Å². The minimum absolute atomic E-state index is 0.0452. The molecule has 1 aromatic rings. The van der Waals surface area contributed by atoms with E-state index in [9.17, 15) is 5.11 Å². The Labute approximate surface area is 124 Å². The number of hydrogen-bond donors (Lipinski definition) is 2. The van der Waals surface area contributed by atoms with Crippen LogP contribution in [0.4, 0.5) is 11.4 Å². The summed E-state index contributed by atoms with van der Waals surface area (Å²) >= 11 is 0. The minimum atomic E-state index is 0.0452. The summed E-state index contributed by atoms with van der Waals surface area (Å²) in [5.74, 6) is 0.394. The third-order valence-corrected chi connectivity index (χ3v) is 3.73. The average molecular weight is 282 g/mol. The van der Waals surface area contributed by atoms with Gasteiger partial charge < -0.3 is 15.3 Å². The molecule has 5 nitrogen and oxygen atoms in total. The van der Waals surface area contributed by atoms with Crippen LogP contribution in [0.5, 0.6) is 0 Å². The molecule has 0 saturated carbocycles. The number of piperidine rings is 1. The van der Waals surface area contributed by atoms with Gasteiger partial charge in [0.05, 0.1) is 11.4 Å². The van der Waals surface area contributed by atoms with Crippen molar-refractivity contribution in [1.29, 1.82) is 10.5 Å². The molecule has 1 saturated heterocycles. The summed E-state index contributed by atoms with van der Waals surface area (Å²) in [6.45, 7) is 2.05. The van der Waals surface area contributed by atoms with Crippen molar-refractivity contribution in [3.63, 3.8) is 0 Å². The molecular weight excluding hydrogens is 264 g/mol. The number of rotatable bonds is 4. The Kier molecular flexibility index (Phi) is 5.20. The Morgan fingerprint density at radius 2 is 1.95 bits per heavy atom. The molecule has 1 heterocycles. The van der Waals surface area contributed by atoms with Gasteiger partial charge in [0, 0.05) is 25.9 Å². The van der Waals surface area contributed by atoms with Gasteiger partial charge in [0.15, 0.2) is 0 Å². The number of nitrogens with zero attached hydrogens (tertiary/aromatic N) is 3. The zero-order valence-corrected chi connectivity index (χ0v) is 11.8. The van der Waals surface area contributed by atoms with Gasteiger partial charge in [0.2, 0.25) is 0 Å². The third kappa shape index (κ3) is 3.75. The molecule has 0 radical (unpaired) electrons. The highest BCUT2D eigenvalue weighted by Gasteiger charge is 2.20. The molecule has 2 N–H and O–H groups in total. The van der Waals surface area contributed by atoms with Crippen molar-refractivity contribution in [2.75, 3.05) is 29.9 Å². The van der Waals surface area contributed by atoms with Gasteiger partial charge in [-0.25, -0.2) is 0 Å². The predicted octanol–water partition coefficient (Wildman–Crippen LogP) is 2.24. The molecule has 0 unspecified atom stereocenters. The molecule has 21 heavy (non-hydrogen) atoms. The van der Waals surface area contributed by atoms with E-state index in [0.29, 0.717) is 5.92 Å². The van der Waals surface area contributed by atoms with Gasteiger partial charge in [-0.05, 0) is 30.9 Å². The van der Waals surface area contributed by atoms with E-state index in [-0.39, 0.29) is 12.2 Å². The number of para-hydroxylation sites is 2. The first-order chi connectivity index (χ1) is 10.3. The maximum absolute atomic E-state index is 9.20. The van der Waals surface area contributed by atoms with Crippen LogP contribution in [-0.4, -0.2) is 24.8 Å². The quantitative estimate of drug-likeness (QED) is 0.827. The fourth-order valence-corrected chi connectivity index (χ4v) is 2.47. The van der Waals surface area contributed by atoms with E-state index >= 15 is 0 Å². The Hall–Kier alpha value is -2.50. The number of aliphatic hydroxyl groups excluding tert-OH is 1. The van der Waals surface area contributed by atoms with Crippen molar-refractivity contribution in [3.05, 3.63) is 36.0 Å². The topological polar surface area (TPSA) is 83.1 Å². The molecule has 0 amide bonds. The number of benzene rings is 1. The Morgan fingerprint density at radius 1 is 1.29 bits per heavy atom. The van der Waals surface area contributed by atoms with Crippen LogP contribution in [0.2, 0.25) is 0 Å². The lowest BCUT2D eigenvalue weighted by molar-refractivity contribution is 0.203. The maximum Gasteiger partial charge on any atom is 0.145 e. The third-order valence-electron chi connectivity index (χ3n) is 3.73. The predicted molar refractivity (Wildman–Crippen MR) is 81.4 cm³/mol. The van der Waals surface area contributed by atoms with Gasteiger partial charge in [-0.15, -0.1) is 0 Å². The van der Waals surface area contributed by atoms with Gasteiger partial charge in [0.1, 0.15) is 17.7 Å². The number of aliphatic hydroxyl groups is 1. The summed E-state index contributed by atoms with van der Waals surface area (Å²) in [6.07, 6.45) is 3.38. The van der Waals surface area contributed by atoms with E-state index in [1.807, 2.05) is 36.4 Å². The molecule has 1 aliphatic heterocycles. The number of allylic oxidation sites excluding steroid dienone is 1. The molecule has 0 spiro atoms. The zero-order chi connectivity index (χ0) is 15.1. The monoisotopic (exact) mass is 282 g/mol.